The van der Waals surface area contributed by atoms with E-state index in [0.717, 1.165) is 26.1 Å². The molecule has 2 N–H and O–H groups in total. The van der Waals surface area contributed by atoms with Crippen molar-refractivity contribution >= 4 is 11.8 Å². The predicted molar refractivity (Wildman–Crippen MR) is 79.4 cm³/mol. The van der Waals surface area contributed by atoms with E-state index in [1.54, 1.807) is 11.8 Å². The molecule has 0 amide bonds. The average molecular weight is 281 g/mol. The van der Waals surface area contributed by atoms with Gasteiger partial charge in [-0.1, -0.05) is 18.2 Å². The first kappa shape index (κ1) is 14.9. The zero-order valence-corrected chi connectivity index (χ0v) is 12.3. The van der Waals surface area contributed by atoms with Crippen molar-refractivity contribution in [2.75, 3.05) is 26.0 Å². The highest BCUT2D eigenvalue weighted by molar-refractivity contribution is 7.98. The molecule has 1 fully saturated rings. The van der Waals surface area contributed by atoms with Gasteiger partial charge < -0.3 is 10.2 Å². The van der Waals surface area contributed by atoms with Gasteiger partial charge in [-0.2, -0.15) is 0 Å². The third-order valence-corrected chi connectivity index (χ3v) is 4.73. The Balaban J connectivity index is 2.00. The predicted octanol–water partition coefficient (Wildman–Crippen LogP) is 2.12. The zero-order chi connectivity index (χ0) is 13.7. The van der Waals surface area contributed by atoms with Crippen molar-refractivity contribution in [3.05, 3.63) is 29.8 Å². The van der Waals surface area contributed by atoms with Crippen molar-refractivity contribution in [2.24, 2.45) is 0 Å². The van der Waals surface area contributed by atoms with Gasteiger partial charge in [0.2, 0.25) is 0 Å². The number of hydrogen-bond donors (Lipinski definition) is 2. The monoisotopic (exact) mass is 281 g/mol. The summed E-state index contributed by atoms with van der Waals surface area (Å²) in [5.41, 5.74) is 0.484. The lowest BCUT2D eigenvalue weighted by atomic mass is 9.96. The van der Waals surface area contributed by atoms with Gasteiger partial charge in [0.1, 0.15) is 0 Å². The Morgan fingerprint density at radius 1 is 1.26 bits per heavy atom. The van der Waals surface area contributed by atoms with Crippen LogP contribution in [0.1, 0.15) is 24.8 Å². The molecule has 1 aromatic rings. The Morgan fingerprint density at radius 2 is 2.05 bits per heavy atom. The lowest BCUT2D eigenvalue weighted by molar-refractivity contribution is -0.0255. The maximum Gasteiger partial charge on any atom is 0.0890 e. The van der Waals surface area contributed by atoms with Crippen LogP contribution in [-0.2, 0) is 6.54 Å². The second-order valence-electron chi connectivity index (χ2n) is 5.32. The molecule has 1 aromatic carbocycles. The minimum absolute atomic E-state index is 0.123. The van der Waals surface area contributed by atoms with Crippen molar-refractivity contribution < 1.29 is 10.2 Å². The molecule has 1 aliphatic heterocycles. The summed E-state index contributed by atoms with van der Waals surface area (Å²) in [5, 5.41) is 19.4. The first-order valence-corrected chi connectivity index (χ1v) is 8.07. The summed E-state index contributed by atoms with van der Waals surface area (Å²) in [4.78, 5) is 3.70. The molecule has 1 aliphatic rings. The van der Waals surface area contributed by atoms with Gasteiger partial charge in [0.25, 0.3) is 0 Å². The third-order valence-electron chi connectivity index (χ3n) is 3.89. The molecular formula is C15H23NO2S. The molecule has 1 heterocycles. The quantitative estimate of drug-likeness (QED) is 0.830. The molecule has 1 atom stereocenters. The van der Waals surface area contributed by atoms with Crippen LogP contribution in [0.5, 0.6) is 0 Å². The van der Waals surface area contributed by atoms with Crippen LogP contribution in [0.2, 0.25) is 0 Å². The van der Waals surface area contributed by atoms with Crippen molar-refractivity contribution in [1.82, 2.24) is 4.90 Å². The second kappa shape index (κ2) is 6.75. The summed E-state index contributed by atoms with van der Waals surface area (Å²) in [5.74, 6) is 0. The van der Waals surface area contributed by atoms with E-state index < -0.39 is 5.60 Å². The van der Waals surface area contributed by atoms with E-state index in [9.17, 15) is 10.2 Å². The smallest absolute Gasteiger partial charge is 0.0890 e. The Hall–Kier alpha value is -0.550. The normalized spacial score (nSPS) is 25.2. The van der Waals surface area contributed by atoms with E-state index in [4.69, 9.17) is 0 Å². The first-order valence-electron chi connectivity index (χ1n) is 6.84. The number of thioether (sulfide) groups is 1. The van der Waals surface area contributed by atoms with Crippen molar-refractivity contribution in [2.45, 2.75) is 36.3 Å². The molecule has 4 heteroatoms. The fourth-order valence-corrected chi connectivity index (χ4v) is 3.23. The number of rotatable bonds is 4. The molecule has 1 saturated heterocycles. The molecule has 106 valence electrons. The summed E-state index contributed by atoms with van der Waals surface area (Å²) in [7, 11) is 0. The van der Waals surface area contributed by atoms with Gasteiger partial charge in [-0.3, -0.25) is 4.90 Å². The average Bonchev–Trinajstić information content (AvgIpc) is 2.63. The van der Waals surface area contributed by atoms with Gasteiger partial charge in [-0.05, 0) is 43.7 Å². The van der Waals surface area contributed by atoms with Crippen LogP contribution in [0.4, 0.5) is 0 Å². The molecule has 3 nitrogen and oxygen atoms in total. The van der Waals surface area contributed by atoms with E-state index in [1.807, 2.05) is 0 Å². The number of hydrogen-bond acceptors (Lipinski definition) is 4. The van der Waals surface area contributed by atoms with Crippen molar-refractivity contribution in [3.8, 4) is 0 Å². The minimum atomic E-state index is -0.867. The Bertz CT molecular complexity index is 413. The topological polar surface area (TPSA) is 43.7 Å². The number of aliphatic hydroxyl groups excluding tert-OH is 1. The third kappa shape index (κ3) is 3.96. The highest BCUT2D eigenvalue weighted by atomic mass is 32.2. The SMILES string of the molecule is CSc1ccccc1CN1CCCC(O)(CO)CC1. The van der Waals surface area contributed by atoms with Crippen LogP contribution in [0.25, 0.3) is 0 Å². The van der Waals surface area contributed by atoms with Gasteiger partial charge in [-0.25, -0.2) is 0 Å². The summed E-state index contributed by atoms with van der Waals surface area (Å²) in [6.07, 6.45) is 4.40. The minimum Gasteiger partial charge on any atom is -0.393 e. The maximum atomic E-state index is 10.2. The Kier molecular flexibility index (Phi) is 5.28. The Labute approximate surface area is 119 Å². The molecule has 0 aromatic heterocycles. The molecule has 0 bridgehead atoms. The van der Waals surface area contributed by atoms with Crippen LogP contribution in [0, 0.1) is 0 Å². The molecular weight excluding hydrogens is 258 g/mol. The summed E-state index contributed by atoms with van der Waals surface area (Å²) < 4.78 is 0. The molecule has 2 rings (SSSR count). The Morgan fingerprint density at radius 3 is 2.79 bits per heavy atom. The molecule has 0 aliphatic carbocycles. The highest BCUT2D eigenvalue weighted by Gasteiger charge is 2.29. The highest BCUT2D eigenvalue weighted by Crippen LogP contribution is 2.25. The van der Waals surface area contributed by atoms with Crippen molar-refractivity contribution in [3.63, 3.8) is 0 Å². The lowest BCUT2D eigenvalue weighted by Gasteiger charge is -2.24. The zero-order valence-electron chi connectivity index (χ0n) is 11.5. The van der Waals surface area contributed by atoms with E-state index in [1.165, 1.54) is 10.5 Å². The largest absolute Gasteiger partial charge is 0.393 e. The van der Waals surface area contributed by atoms with Crippen LogP contribution >= 0.6 is 11.8 Å². The number of aliphatic hydroxyl groups is 2. The lowest BCUT2D eigenvalue weighted by Crippen LogP contribution is -2.34. The van der Waals surface area contributed by atoms with Crippen LogP contribution < -0.4 is 0 Å². The van der Waals surface area contributed by atoms with Crippen LogP contribution in [-0.4, -0.2) is 46.7 Å². The summed E-state index contributed by atoms with van der Waals surface area (Å²) >= 11 is 1.78. The molecule has 0 spiro atoms. The fraction of sp³-hybridized carbons (Fsp3) is 0.600. The first-order chi connectivity index (χ1) is 9.17. The van der Waals surface area contributed by atoms with Crippen LogP contribution in [0.3, 0.4) is 0 Å². The van der Waals surface area contributed by atoms with E-state index in [-0.39, 0.29) is 6.61 Å². The van der Waals surface area contributed by atoms with E-state index in [2.05, 4.69) is 35.4 Å². The van der Waals surface area contributed by atoms with Gasteiger partial charge in [0, 0.05) is 18.0 Å². The van der Waals surface area contributed by atoms with E-state index >= 15 is 0 Å². The van der Waals surface area contributed by atoms with Crippen molar-refractivity contribution in [1.29, 1.82) is 0 Å². The maximum absolute atomic E-state index is 10.2. The van der Waals surface area contributed by atoms with Gasteiger partial charge in [-0.15, -0.1) is 11.8 Å². The van der Waals surface area contributed by atoms with Gasteiger partial charge in [0.05, 0.1) is 12.2 Å². The number of nitrogens with zero attached hydrogens (tertiary/aromatic N) is 1. The fourth-order valence-electron chi connectivity index (χ4n) is 2.63. The summed E-state index contributed by atoms with van der Waals surface area (Å²) in [6.45, 7) is 2.64. The van der Waals surface area contributed by atoms with Gasteiger partial charge in [0.15, 0.2) is 0 Å². The molecule has 0 radical (unpaired) electrons. The number of likely N-dealkylation sites (tertiary alicyclic amines) is 1. The van der Waals surface area contributed by atoms with E-state index in [0.29, 0.717) is 12.8 Å². The van der Waals surface area contributed by atoms with Gasteiger partial charge >= 0.3 is 0 Å². The molecule has 1 unspecified atom stereocenters. The van der Waals surface area contributed by atoms with Crippen LogP contribution in [0.15, 0.2) is 29.2 Å². The second-order valence-corrected chi connectivity index (χ2v) is 6.17. The summed E-state index contributed by atoms with van der Waals surface area (Å²) in [6, 6.07) is 8.48. The number of benzene rings is 1. The molecule has 19 heavy (non-hydrogen) atoms. The molecule has 0 saturated carbocycles. The standard InChI is InChI=1S/C15H23NO2S/c1-19-14-6-3-2-5-13(14)11-16-9-4-7-15(18,12-17)8-10-16/h2-3,5-6,17-18H,4,7-12H2,1H3.